The van der Waals surface area contributed by atoms with Crippen molar-refractivity contribution in [3.8, 4) is 0 Å². The molecular formula is C13H19N3OS. The number of hydrogen-bond acceptors (Lipinski definition) is 4. The molecule has 0 bridgehead atoms. The fourth-order valence-corrected chi connectivity index (χ4v) is 2.45. The number of nitrogens with one attached hydrogen (secondary N) is 2. The van der Waals surface area contributed by atoms with Crippen molar-refractivity contribution in [1.82, 2.24) is 0 Å². The number of hydrogen-bond donors (Lipinski definition) is 2. The molecule has 0 saturated carbocycles. The van der Waals surface area contributed by atoms with Crippen LogP contribution >= 0.6 is 11.8 Å². The highest BCUT2D eigenvalue weighted by Crippen LogP contribution is 2.31. The van der Waals surface area contributed by atoms with Gasteiger partial charge in [0.2, 0.25) is 0 Å². The summed E-state index contributed by atoms with van der Waals surface area (Å²) in [5.74, 6) is 0.460. The highest BCUT2D eigenvalue weighted by atomic mass is 32.2. The molecule has 4 nitrogen and oxygen atoms in total. The van der Waals surface area contributed by atoms with E-state index in [2.05, 4.69) is 34.7 Å². The number of nitrogens with zero attached hydrogens (tertiary/aromatic N) is 1. The van der Waals surface area contributed by atoms with Gasteiger partial charge in [0, 0.05) is 18.0 Å². The first-order valence-electron chi connectivity index (χ1n) is 6.03. The summed E-state index contributed by atoms with van der Waals surface area (Å²) in [6.45, 7) is 5.11. The van der Waals surface area contributed by atoms with Gasteiger partial charge in [-0.2, -0.15) is 0 Å². The summed E-state index contributed by atoms with van der Waals surface area (Å²) in [5, 5.41) is 10.7. The molecule has 1 heterocycles. The zero-order valence-electron chi connectivity index (χ0n) is 10.8. The number of rotatable bonds is 3. The van der Waals surface area contributed by atoms with Crippen LogP contribution in [0.2, 0.25) is 0 Å². The molecule has 1 saturated heterocycles. The van der Waals surface area contributed by atoms with E-state index < -0.39 is 0 Å². The standard InChI is InChI=1S/C13H19N3OS/c1-10(14)15-12-4-3-11(18-2)9-13(12)16-5-7-17-8-6-16/h3-4,9H,5-8H2,1-2H3,(H2,14,15). The maximum absolute atomic E-state index is 7.58. The minimum atomic E-state index is 0.460. The van der Waals surface area contributed by atoms with Gasteiger partial charge in [0.25, 0.3) is 0 Å². The van der Waals surface area contributed by atoms with Crippen LogP contribution in [0.4, 0.5) is 11.4 Å². The fraction of sp³-hybridized carbons (Fsp3) is 0.462. The van der Waals surface area contributed by atoms with Gasteiger partial charge in [0.05, 0.1) is 30.4 Å². The van der Waals surface area contributed by atoms with Gasteiger partial charge < -0.3 is 15.0 Å². The van der Waals surface area contributed by atoms with Gasteiger partial charge in [-0.15, -0.1) is 11.8 Å². The van der Waals surface area contributed by atoms with Gasteiger partial charge in [0.1, 0.15) is 0 Å². The lowest BCUT2D eigenvalue weighted by Gasteiger charge is -2.31. The minimum absolute atomic E-state index is 0.460. The smallest absolute Gasteiger partial charge is 0.0944 e. The van der Waals surface area contributed by atoms with Crippen LogP contribution < -0.4 is 10.2 Å². The van der Waals surface area contributed by atoms with E-state index in [0.717, 1.165) is 37.7 Å². The first kappa shape index (κ1) is 13.2. The quantitative estimate of drug-likeness (QED) is 0.501. The van der Waals surface area contributed by atoms with Crippen molar-refractivity contribution < 1.29 is 4.74 Å². The third-order valence-electron chi connectivity index (χ3n) is 2.88. The summed E-state index contributed by atoms with van der Waals surface area (Å²) in [6.07, 6.45) is 2.08. The predicted octanol–water partition coefficient (Wildman–Crippen LogP) is 2.65. The first-order chi connectivity index (χ1) is 8.70. The maximum atomic E-state index is 7.58. The lowest BCUT2D eigenvalue weighted by molar-refractivity contribution is 0.123. The molecule has 0 radical (unpaired) electrons. The summed E-state index contributed by atoms with van der Waals surface area (Å²) in [7, 11) is 0. The Morgan fingerprint density at radius 3 is 2.72 bits per heavy atom. The second-order valence-electron chi connectivity index (χ2n) is 4.23. The molecule has 5 heteroatoms. The lowest BCUT2D eigenvalue weighted by atomic mass is 10.2. The van der Waals surface area contributed by atoms with Gasteiger partial charge in [-0.05, 0) is 31.4 Å². The Labute approximate surface area is 112 Å². The number of benzene rings is 1. The Hall–Kier alpha value is -1.20. The Kier molecular flexibility index (Phi) is 4.49. The molecule has 98 valence electrons. The van der Waals surface area contributed by atoms with E-state index in [1.54, 1.807) is 18.7 Å². The van der Waals surface area contributed by atoms with E-state index in [4.69, 9.17) is 10.1 Å². The van der Waals surface area contributed by atoms with Crippen LogP contribution in [0.1, 0.15) is 6.92 Å². The van der Waals surface area contributed by atoms with Gasteiger partial charge >= 0.3 is 0 Å². The molecule has 0 aliphatic carbocycles. The van der Waals surface area contributed by atoms with Crippen LogP contribution in [0.5, 0.6) is 0 Å². The third kappa shape index (κ3) is 3.17. The van der Waals surface area contributed by atoms with Crippen molar-refractivity contribution in [2.75, 3.05) is 42.8 Å². The van der Waals surface area contributed by atoms with Crippen molar-refractivity contribution in [2.45, 2.75) is 11.8 Å². The average Bonchev–Trinajstić information content (AvgIpc) is 2.39. The summed E-state index contributed by atoms with van der Waals surface area (Å²) in [5.41, 5.74) is 2.17. The van der Waals surface area contributed by atoms with Gasteiger partial charge in [0.15, 0.2) is 0 Å². The van der Waals surface area contributed by atoms with Crippen LogP contribution in [0.15, 0.2) is 23.1 Å². The molecule has 0 unspecified atom stereocenters. The highest BCUT2D eigenvalue weighted by Gasteiger charge is 2.15. The zero-order valence-corrected chi connectivity index (χ0v) is 11.6. The Morgan fingerprint density at radius 1 is 1.39 bits per heavy atom. The van der Waals surface area contributed by atoms with Crippen LogP contribution in [0, 0.1) is 5.41 Å². The molecule has 0 amide bonds. The number of amidine groups is 1. The topological polar surface area (TPSA) is 48.4 Å². The second-order valence-corrected chi connectivity index (χ2v) is 5.11. The largest absolute Gasteiger partial charge is 0.378 e. The second kappa shape index (κ2) is 6.11. The molecule has 1 aliphatic rings. The van der Waals surface area contributed by atoms with Crippen molar-refractivity contribution in [3.05, 3.63) is 18.2 Å². The molecule has 1 fully saturated rings. The molecule has 0 spiro atoms. The Morgan fingerprint density at radius 2 is 2.11 bits per heavy atom. The Bertz CT molecular complexity index is 430. The summed E-state index contributed by atoms with van der Waals surface area (Å²) in [6, 6.07) is 6.32. The molecular weight excluding hydrogens is 246 g/mol. The molecule has 0 atom stereocenters. The third-order valence-corrected chi connectivity index (χ3v) is 3.60. The number of morpholine rings is 1. The summed E-state index contributed by atoms with van der Waals surface area (Å²) in [4.78, 5) is 3.55. The van der Waals surface area contributed by atoms with Gasteiger partial charge in [-0.1, -0.05) is 0 Å². The van der Waals surface area contributed by atoms with E-state index in [9.17, 15) is 0 Å². The van der Waals surface area contributed by atoms with Crippen LogP contribution in [-0.4, -0.2) is 38.4 Å². The lowest BCUT2D eigenvalue weighted by Crippen LogP contribution is -2.36. The number of anilines is 2. The van der Waals surface area contributed by atoms with Crippen LogP contribution in [0.25, 0.3) is 0 Å². The van der Waals surface area contributed by atoms with E-state index >= 15 is 0 Å². The predicted molar refractivity (Wildman–Crippen MR) is 78.3 cm³/mol. The number of thioether (sulfide) groups is 1. The van der Waals surface area contributed by atoms with E-state index in [1.165, 1.54) is 4.90 Å². The van der Waals surface area contributed by atoms with Crippen molar-refractivity contribution in [2.24, 2.45) is 0 Å². The van der Waals surface area contributed by atoms with E-state index in [-0.39, 0.29) is 0 Å². The van der Waals surface area contributed by atoms with E-state index in [1.807, 2.05) is 0 Å². The van der Waals surface area contributed by atoms with Crippen molar-refractivity contribution in [3.63, 3.8) is 0 Å². The average molecular weight is 265 g/mol. The van der Waals surface area contributed by atoms with Crippen molar-refractivity contribution >= 4 is 29.0 Å². The normalized spacial score (nSPS) is 15.6. The number of ether oxygens (including phenoxy) is 1. The van der Waals surface area contributed by atoms with Gasteiger partial charge in [-0.25, -0.2) is 0 Å². The Balaban J connectivity index is 2.30. The SMILES string of the molecule is CSc1ccc(NC(C)=N)c(N2CCOCC2)c1. The summed E-state index contributed by atoms with van der Waals surface area (Å²) < 4.78 is 5.39. The molecule has 2 N–H and O–H groups in total. The van der Waals surface area contributed by atoms with Crippen LogP contribution in [0.3, 0.4) is 0 Å². The van der Waals surface area contributed by atoms with Crippen LogP contribution in [-0.2, 0) is 4.74 Å². The molecule has 0 aromatic heterocycles. The highest BCUT2D eigenvalue weighted by molar-refractivity contribution is 7.98. The fourth-order valence-electron chi connectivity index (χ4n) is 2.01. The minimum Gasteiger partial charge on any atom is -0.378 e. The molecule has 18 heavy (non-hydrogen) atoms. The first-order valence-corrected chi connectivity index (χ1v) is 7.26. The molecule has 2 rings (SSSR count). The summed E-state index contributed by atoms with van der Waals surface area (Å²) >= 11 is 1.74. The molecule has 1 aromatic rings. The van der Waals surface area contributed by atoms with Crippen molar-refractivity contribution in [1.29, 1.82) is 5.41 Å². The monoisotopic (exact) mass is 265 g/mol. The molecule has 1 aliphatic heterocycles. The molecule has 1 aromatic carbocycles. The zero-order chi connectivity index (χ0) is 13.0. The van der Waals surface area contributed by atoms with Gasteiger partial charge in [-0.3, -0.25) is 5.41 Å². The van der Waals surface area contributed by atoms with E-state index in [0.29, 0.717) is 5.84 Å². The maximum Gasteiger partial charge on any atom is 0.0944 e.